The van der Waals surface area contributed by atoms with Gasteiger partial charge in [0.05, 0.1) is 17.6 Å². The Morgan fingerprint density at radius 3 is 2.30 bits per heavy atom. The number of nitrogens with zero attached hydrogens (tertiary/aromatic N) is 1. The second-order valence-corrected chi connectivity index (χ2v) is 6.97. The van der Waals surface area contributed by atoms with E-state index < -0.39 is 5.41 Å². The Labute approximate surface area is 121 Å². The Balaban J connectivity index is 2.50. The lowest BCUT2D eigenvalue weighted by molar-refractivity contribution is -0.145. The number of hydrogen-bond acceptors (Lipinski definition) is 3. The summed E-state index contributed by atoms with van der Waals surface area (Å²) in [6.07, 6.45) is -0.135. The molecular weight excluding hydrogens is 250 g/mol. The molecule has 3 heteroatoms. The summed E-state index contributed by atoms with van der Waals surface area (Å²) in [6, 6.07) is 10.1. The molecule has 1 aliphatic rings. The minimum atomic E-state index is -0.547. The van der Waals surface area contributed by atoms with Gasteiger partial charge in [-0.3, -0.25) is 9.63 Å². The van der Waals surface area contributed by atoms with Crippen LogP contribution < -0.4 is 0 Å². The highest BCUT2D eigenvalue weighted by Gasteiger charge is 2.57. The standard InChI is InChI=1S/C17H25NO2/c1-12-17(5,15(19)16(2,3)4)14(18(6)20-12)13-10-8-7-9-11-13/h7-12,14H,1-6H3/t12-,14-,17-/m0/s1. The molecule has 0 aliphatic carbocycles. The zero-order valence-electron chi connectivity index (χ0n) is 13.3. The van der Waals surface area contributed by atoms with Gasteiger partial charge in [0.15, 0.2) is 0 Å². The number of carbonyl (C=O) groups excluding carboxylic acids is 1. The zero-order valence-corrected chi connectivity index (χ0v) is 13.3. The SMILES string of the molecule is C[C@@H]1ON(C)[C@@H](c2ccccc2)[C@@]1(C)C(=O)C(C)(C)C. The maximum absolute atomic E-state index is 13.0. The Morgan fingerprint density at radius 1 is 1.25 bits per heavy atom. The normalized spacial score (nSPS) is 31.5. The van der Waals surface area contributed by atoms with E-state index in [0.29, 0.717) is 0 Å². The number of hydrogen-bond donors (Lipinski definition) is 0. The number of hydroxylamine groups is 2. The van der Waals surface area contributed by atoms with Gasteiger partial charge in [-0.1, -0.05) is 51.1 Å². The van der Waals surface area contributed by atoms with Gasteiger partial charge in [0.2, 0.25) is 0 Å². The van der Waals surface area contributed by atoms with Gasteiger partial charge in [0.25, 0.3) is 0 Å². The van der Waals surface area contributed by atoms with E-state index in [1.54, 1.807) is 0 Å². The minimum Gasteiger partial charge on any atom is -0.298 e. The van der Waals surface area contributed by atoms with Gasteiger partial charge >= 0.3 is 0 Å². The van der Waals surface area contributed by atoms with Crippen LogP contribution >= 0.6 is 0 Å². The minimum absolute atomic E-state index is 0.0505. The van der Waals surface area contributed by atoms with Gasteiger partial charge < -0.3 is 0 Å². The van der Waals surface area contributed by atoms with Crippen molar-refractivity contribution in [2.45, 2.75) is 46.8 Å². The molecule has 0 amide bonds. The first kappa shape index (κ1) is 15.2. The molecule has 1 fully saturated rings. The van der Waals surface area contributed by atoms with E-state index in [-0.39, 0.29) is 23.3 Å². The molecule has 1 aromatic rings. The summed E-state index contributed by atoms with van der Waals surface area (Å²) in [7, 11) is 1.91. The second kappa shape index (κ2) is 4.97. The van der Waals surface area contributed by atoms with E-state index in [0.717, 1.165) is 5.56 Å². The summed E-state index contributed by atoms with van der Waals surface area (Å²) < 4.78 is 0. The number of rotatable bonds is 2. The van der Waals surface area contributed by atoms with Crippen molar-refractivity contribution in [1.82, 2.24) is 5.06 Å². The van der Waals surface area contributed by atoms with Crippen molar-refractivity contribution in [2.75, 3.05) is 7.05 Å². The van der Waals surface area contributed by atoms with E-state index in [2.05, 4.69) is 12.1 Å². The van der Waals surface area contributed by atoms with Gasteiger partial charge in [0, 0.05) is 12.5 Å². The van der Waals surface area contributed by atoms with Crippen LogP contribution in [-0.4, -0.2) is 24.0 Å². The first-order valence-electron chi connectivity index (χ1n) is 7.18. The molecule has 1 aromatic carbocycles. The molecule has 3 nitrogen and oxygen atoms in total. The predicted molar refractivity (Wildman–Crippen MR) is 80.1 cm³/mol. The van der Waals surface area contributed by atoms with Crippen molar-refractivity contribution in [2.24, 2.45) is 10.8 Å². The van der Waals surface area contributed by atoms with Crippen molar-refractivity contribution < 1.29 is 9.63 Å². The van der Waals surface area contributed by atoms with Crippen LogP contribution in [0.2, 0.25) is 0 Å². The molecule has 0 bridgehead atoms. The molecule has 0 saturated carbocycles. The molecule has 110 valence electrons. The topological polar surface area (TPSA) is 29.5 Å². The molecule has 0 unspecified atom stereocenters. The Kier molecular flexibility index (Phi) is 3.78. The zero-order chi connectivity index (χ0) is 15.1. The van der Waals surface area contributed by atoms with Crippen molar-refractivity contribution in [3.8, 4) is 0 Å². The van der Waals surface area contributed by atoms with Gasteiger partial charge in [-0.25, -0.2) is 0 Å². The maximum Gasteiger partial charge on any atom is 0.148 e. The first-order valence-corrected chi connectivity index (χ1v) is 7.18. The van der Waals surface area contributed by atoms with Crippen LogP contribution in [0, 0.1) is 10.8 Å². The quantitative estimate of drug-likeness (QED) is 0.825. The molecular formula is C17H25NO2. The summed E-state index contributed by atoms with van der Waals surface area (Å²) in [4.78, 5) is 18.9. The molecule has 0 N–H and O–H groups in total. The fraction of sp³-hybridized carbons (Fsp3) is 0.588. The van der Waals surface area contributed by atoms with Crippen LogP contribution in [0.4, 0.5) is 0 Å². The van der Waals surface area contributed by atoms with Gasteiger partial charge in [-0.2, -0.15) is 5.06 Å². The largest absolute Gasteiger partial charge is 0.298 e. The molecule has 0 spiro atoms. The number of ketones is 1. The van der Waals surface area contributed by atoms with Gasteiger partial charge in [0.1, 0.15) is 5.78 Å². The van der Waals surface area contributed by atoms with Crippen molar-refractivity contribution in [1.29, 1.82) is 0 Å². The molecule has 20 heavy (non-hydrogen) atoms. The molecule has 3 atom stereocenters. The number of benzene rings is 1. The highest BCUT2D eigenvalue weighted by Crippen LogP contribution is 2.51. The highest BCUT2D eigenvalue weighted by atomic mass is 16.7. The summed E-state index contributed by atoms with van der Waals surface area (Å²) in [5.41, 5.74) is 0.193. The number of Topliss-reactive ketones (excluding diaryl/α,β-unsaturated/α-hetero) is 1. The summed E-state index contributed by atoms with van der Waals surface area (Å²) in [6.45, 7) is 9.96. The van der Waals surface area contributed by atoms with Gasteiger partial charge in [-0.05, 0) is 19.4 Å². The van der Waals surface area contributed by atoms with Crippen LogP contribution in [0.15, 0.2) is 30.3 Å². The second-order valence-electron chi connectivity index (χ2n) is 6.97. The van der Waals surface area contributed by atoms with Crippen molar-refractivity contribution in [3.05, 3.63) is 35.9 Å². The number of carbonyl (C=O) groups is 1. The third-order valence-corrected chi connectivity index (χ3v) is 4.39. The van der Waals surface area contributed by atoms with E-state index in [4.69, 9.17) is 4.84 Å². The van der Waals surface area contributed by atoms with Crippen LogP contribution in [-0.2, 0) is 9.63 Å². The predicted octanol–water partition coefficient (Wildman–Crippen LogP) is 3.61. The lowest BCUT2D eigenvalue weighted by Gasteiger charge is -2.37. The lowest BCUT2D eigenvalue weighted by Crippen LogP contribution is -2.45. The third kappa shape index (κ3) is 2.29. The Hall–Kier alpha value is -1.19. The third-order valence-electron chi connectivity index (χ3n) is 4.39. The van der Waals surface area contributed by atoms with Crippen LogP contribution in [0.25, 0.3) is 0 Å². The molecule has 1 heterocycles. The summed E-state index contributed by atoms with van der Waals surface area (Å²) >= 11 is 0. The highest BCUT2D eigenvalue weighted by molar-refractivity contribution is 5.90. The van der Waals surface area contributed by atoms with Gasteiger partial charge in [-0.15, -0.1) is 0 Å². The van der Waals surface area contributed by atoms with E-state index in [9.17, 15) is 4.79 Å². The molecule has 1 aliphatic heterocycles. The van der Waals surface area contributed by atoms with Crippen molar-refractivity contribution >= 4 is 5.78 Å². The fourth-order valence-electron chi connectivity index (χ4n) is 3.33. The van der Waals surface area contributed by atoms with Crippen LogP contribution in [0.3, 0.4) is 0 Å². The average molecular weight is 275 g/mol. The summed E-state index contributed by atoms with van der Waals surface area (Å²) in [5.74, 6) is 0.246. The van der Waals surface area contributed by atoms with Crippen LogP contribution in [0.5, 0.6) is 0 Å². The molecule has 0 aromatic heterocycles. The fourth-order valence-corrected chi connectivity index (χ4v) is 3.33. The van der Waals surface area contributed by atoms with Crippen LogP contribution in [0.1, 0.15) is 46.2 Å². The molecule has 2 rings (SSSR count). The summed E-state index contributed by atoms with van der Waals surface area (Å²) in [5, 5.41) is 1.84. The van der Waals surface area contributed by atoms with E-state index in [1.807, 2.05) is 64.9 Å². The lowest BCUT2D eigenvalue weighted by atomic mass is 9.65. The average Bonchev–Trinajstić information content (AvgIpc) is 2.60. The molecule has 1 saturated heterocycles. The Bertz CT molecular complexity index is 491. The van der Waals surface area contributed by atoms with E-state index in [1.165, 1.54) is 0 Å². The Morgan fingerprint density at radius 2 is 1.80 bits per heavy atom. The first-order chi connectivity index (χ1) is 9.19. The smallest absolute Gasteiger partial charge is 0.148 e. The maximum atomic E-state index is 13.0. The van der Waals surface area contributed by atoms with Crippen molar-refractivity contribution in [3.63, 3.8) is 0 Å². The van der Waals surface area contributed by atoms with E-state index >= 15 is 0 Å². The monoisotopic (exact) mass is 275 g/mol. The molecule has 0 radical (unpaired) electrons.